The van der Waals surface area contributed by atoms with Gasteiger partial charge in [0.05, 0.1) is 29.9 Å². The van der Waals surface area contributed by atoms with Crippen LogP contribution in [0.1, 0.15) is 16.8 Å². The maximum Gasteiger partial charge on any atom is 0.227 e. The van der Waals surface area contributed by atoms with Crippen LogP contribution in [0, 0.1) is 13.8 Å². The number of benzene rings is 1. The van der Waals surface area contributed by atoms with E-state index in [-0.39, 0.29) is 5.91 Å². The lowest BCUT2D eigenvalue weighted by Gasteiger charge is -2.32. The summed E-state index contributed by atoms with van der Waals surface area (Å²) in [6.45, 7) is 12.1. The standard InChI is InChI=1S/C24H29N5O/c1-5-8-29-16-21(18(3)26-29)23-13-17(2)20-14-19(6-7-22(20)25-23)15-24(30)28-11-9-27(4)10-12-28/h5-7,13-14,16H,1,8-12,15H2,2-4H3. The summed E-state index contributed by atoms with van der Waals surface area (Å²) in [6.07, 6.45) is 4.29. The molecule has 156 valence electrons. The second kappa shape index (κ2) is 8.40. The molecule has 0 bridgehead atoms. The van der Waals surface area contributed by atoms with Gasteiger partial charge in [0.2, 0.25) is 5.91 Å². The van der Waals surface area contributed by atoms with Gasteiger partial charge in [-0.1, -0.05) is 12.1 Å². The highest BCUT2D eigenvalue weighted by molar-refractivity contribution is 5.87. The third-order valence-corrected chi connectivity index (χ3v) is 5.83. The first-order valence-electron chi connectivity index (χ1n) is 10.5. The Morgan fingerprint density at radius 3 is 2.67 bits per heavy atom. The van der Waals surface area contributed by atoms with Crippen LogP contribution in [0.3, 0.4) is 0 Å². The van der Waals surface area contributed by atoms with E-state index in [0.29, 0.717) is 13.0 Å². The van der Waals surface area contributed by atoms with Gasteiger partial charge < -0.3 is 9.80 Å². The second-order valence-electron chi connectivity index (χ2n) is 8.18. The molecule has 0 N–H and O–H groups in total. The molecule has 0 saturated carbocycles. The van der Waals surface area contributed by atoms with Crippen molar-refractivity contribution >= 4 is 16.8 Å². The van der Waals surface area contributed by atoms with E-state index in [9.17, 15) is 4.79 Å². The lowest BCUT2D eigenvalue weighted by Crippen LogP contribution is -2.47. The Morgan fingerprint density at radius 1 is 1.17 bits per heavy atom. The first kappa shape index (κ1) is 20.3. The summed E-state index contributed by atoms with van der Waals surface area (Å²) in [5.41, 5.74) is 6.05. The van der Waals surface area contributed by atoms with Gasteiger partial charge in [-0.15, -0.1) is 6.58 Å². The van der Waals surface area contributed by atoms with Crippen LogP contribution in [0.4, 0.5) is 0 Å². The van der Waals surface area contributed by atoms with Crippen molar-refractivity contribution in [1.29, 1.82) is 0 Å². The van der Waals surface area contributed by atoms with E-state index in [0.717, 1.165) is 65.2 Å². The van der Waals surface area contributed by atoms with Gasteiger partial charge in [0.1, 0.15) is 0 Å². The molecule has 0 atom stereocenters. The molecule has 1 amide bonds. The predicted molar refractivity (Wildman–Crippen MR) is 120 cm³/mol. The van der Waals surface area contributed by atoms with E-state index in [4.69, 9.17) is 4.98 Å². The summed E-state index contributed by atoms with van der Waals surface area (Å²) in [6, 6.07) is 8.28. The fraction of sp³-hybridized carbons (Fsp3) is 0.375. The maximum absolute atomic E-state index is 12.7. The number of carbonyl (C=O) groups excluding carboxylic acids is 1. The van der Waals surface area contributed by atoms with Gasteiger partial charge >= 0.3 is 0 Å². The lowest BCUT2D eigenvalue weighted by molar-refractivity contribution is -0.132. The minimum Gasteiger partial charge on any atom is -0.340 e. The monoisotopic (exact) mass is 403 g/mol. The minimum atomic E-state index is 0.204. The minimum absolute atomic E-state index is 0.204. The van der Waals surface area contributed by atoms with Crippen molar-refractivity contribution in [2.75, 3.05) is 33.2 Å². The molecular formula is C24H29N5O. The molecule has 0 aliphatic carbocycles. The number of piperazine rings is 1. The number of amides is 1. The summed E-state index contributed by atoms with van der Waals surface area (Å²) < 4.78 is 1.88. The van der Waals surface area contributed by atoms with E-state index in [1.165, 1.54) is 0 Å². The Morgan fingerprint density at radius 2 is 1.93 bits per heavy atom. The van der Waals surface area contributed by atoms with Crippen molar-refractivity contribution in [3.63, 3.8) is 0 Å². The average Bonchev–Trinajstić information content (AvgIpc) is 3.09. The first-order chi connectivity index (χ1) is 14.4. The van der Waals surface area contributed by atoms with Crippen LogP contribution in [0.25, 0.3) is 22.2 Å². The van der Waals surface area contributed by atoms with Gasteiger partial charge in [0.15, 0.2) is 0 Å². The summed E-state index contributed by atoms with van der Waals surface area (Å²) in [5.74, 6) is 0.204. The van der Waals surface area contributed by atoms with Gasteiger partial charge in [-0.05, 0) is 50.2 Å². The third-order valence-electron chi connectivity index (χ3n) is 5.83. The molecule has 6 heteroatoms. The van der Waals surface area contributed by atoms with Crippen LogP contribution in [-0.4, -0.2) is 63.7 Å². The van der Waals surface area contributed by atoms with E-state index in [1.807, 2.05) is 40.9 Å². The quantitative estimate of drug-likeness (QED) is 0.614. The zero-order chi connectivity index (χ0) is 21.3. The first-order valence-corrected chi connectivity index (χ1v) is 10.5. The Hall–Kier alpha value is -2.99. The number of nitrogens with zero attached hydrogens (tertiary/aromatic N) is 5. The van der Waals surface area contributed by atoms with Crippen molar-refractivity contribution in [1.82, 2.24) is 24.6 Å². The molecule has 30 heavy (non-hydrogen) atoms. The van der Waals surface area contributed by atoms with Gasteiger partial charge in [0, 0.05) is 43.3 Å². The number of aromatic nitrogens is 3. The van der Waals surface area contributed by atoms with Gasteiger partial charge in [-0.3, -0.25) is 9.48 Å². The van der Waals surface area contributed by atoms with Crippen LogP contribution in [-0.2, 0) is 17.8 Å². The van der Waals surface area contributed by atoms with E-state index in [1.54, 1.807) is 0 Å². The molecule has 1 fully saturated rings. The summed E-state index contributed by atoms with van der Waals surface area (Å²) in [7, 11) is 2.10. The summed E-state index contributed by atoms with van der Waals surface area (Å²) in [4.78, 5) is 21.8. The molecule has 0 spiro atoms. The molecule has 1 aromatic carbocycles. The average molecular weight is 404 g/mol. The number of aryl methyl sites for hydroxylation is 2. The molecule has 3 aromatic rings. The van der Waals surface area contributed by atoms with E-state index in [2.05, 4.69) is 42.7 Å². The molecule has 1 aliphatic rings. The molecule has 6 nitrogen and oxygen atoms in total. The number of carbonyl (C=O) groups is 1. The SMILES string of the molecule is C=CCn1cc(-c2cc(C)c3cc(CC(=O)N4CCN(C)CC4)ccc3n2)c(C)n1. The number of fused-ring (bicyclic) bond motifs is 1. The van der Waals surface area contributed by atoms with Crippen LogP contribution in [0.15, 0.2) is 43.1 Å². The van der Waals surface area contributed by atoms with Crippen LogP contribution < -0.4 is 0 Å². The molecule has 4 rings (SSSR count). The normalized spacial score (nSPS) is 15.0. The number of rotatable bonds is 5. The van der Waals surface area contributed by atoms with Crippen molar-refractivity contribution < 1.29 is 4.79 Å². The highest BCUT2D eigenvalue weighted by atomic mass is 16.2. The number of hydrogen-bond donors (Lipinski definition) is 0. The Bertz CT molecular complexity index is 1090. The number of allylic oxidation sites excluding steroid dienone is 1. The van der Waals surface area contributed by atoms with Gasteiger partial charge in [0.25, 0.3) is 0 Å². The zero-order valence-corrected chi connectivity index (χ0v) is 18.1. The molecule has 1 aliphatic heterocycles. The largest absolute Gasteiger partial charge is 0.340 e. The molecule has 0 radical (unpaired) electrons. The molecular weight excluding hydrogens is 374 g/mol. The highest BCUT2D eigenvalue weighted by Crippen LogP contribution is 2.27. The highest BCUT2D eigenvalue weighted by Gasteiger charge is 2.19. The number of pyridine rings is 1. The smallest absolute Gasteiger partial charge is 0.227 e. The van der Waals surface area contributed by atoms with Crippen molar-refractivity contribution in [3.05, 3.63) is 59.9 Å². The Balaban J connectivity index is 1.58. The van der Waals surface area contributed by atoms with Crippen LogP contribution >= 0.6 is 0 Å². The molecule has 2 aromatic heterocycles. The fourth-order valence-corrected chi connectivity index (χ4v) is 4.03. The van der Waals surface area contributed by atoms with E-state index >= 15 is 0 Å². The second-order valence-corrected chi connectivity index (χ2v) is 8.18. The van der Waals surface area contributed by atoms with Crippen molar-refractivity contribution in [2.24, 2.45) is 0 Å². The maximum atomic E-state index is 12.7. The molecule has 1 saturated heterocycles. The Labute approximate surface area is 177 Å². The lowest BCUT2D eigenvalue weighted by atomic mass is 10.0. The summed E-state index contributed by atoms with van der Waals surface area (Å²) >= 11 is 0. The molecule has 0 unspecified atom stereocenters. The predicted octanol–water partition coefficient (Wildman–Crippen LogP) is 3.22. The summed E-state index contributed by atoms with van der Waals surface area (Å²) in [5, 5.41) is 5.64. The van der Waals surface area contributed by atoms with Crippen molar-refractivity contribution in [3.8, 4) is 11.3 Å². The van der Waals surface area contributed by atoms with Crippen molar-refractivity contribution in [2.45, 2.75) is 26.8 Å². The van der Waals surface area contributed by atoms with E-state index < -0.39 is 0 Å². The van der Waals surface area contributed by atoms with Gasteiger partial charge in [-0.2, -0.15) is 5.10 Å². The Kier molecular flexibility index (Phi) is 5.68. The topological polar surface area (TPSA) is 54.3 Å². The van der Waals surface area contributed by atoms with Crippen LogP contribution in [0.2, 0.25) is 0 Å². The third kappa shape index (κ3) is 4.14. The van der Waals surface area contributed by atoms with Crippen LogP contribution in [0.5, 0.6) is 0 Å². The fourth-order valence-electron chi connectivity index (χ4n) is 4.03. The number of hydrogen-bond acceptors (Lipinski definition) is 4. The molecule has 3 heterocycles. The zero-order valence-electron chi connectivity index (χ0n) is 18.1. The number of likely N-dealkylation sites (N-methyl/N-ethyl adjacent to an activating group) is 1. The van der Waals surface area contributed by atoms with Gasteiger partial charge in [-0.25, -0.2) is 4.98 Å².